The Hall–Kier alpha value is -2.14. The normalized spacial score (nSPS) is 12.0. The van der Waals surface area contributed by atoms with E-state index in [0.717, 1.165) is 12.0 Å². The molecule has 0 radical (unpaired) electrons. The Morgan fingerprint density at radius 3 is 2.52 bits per heavy atom. The number of rotatable bonds is 5. The molecule has 1 heterocycles. The SMILES string of the molecule is CCCn1nc(C(=O)N(C)C(C)c2ccc(Cl)cc2)ccc1=O. The first-order chi connectivity index (χ1) is 10.9. The number of carbonyl (C=O) groups excluding carboxylic acids is 1. The van der Waals surface area contributed by atoms with Gasteiger partial charge in [-0.25, -0.2) is 4.68 Å². The second-order valence-electron chi connectivity index (χ2n) is 5.42. The molecule has 1 atom stereocenters. The highest BCUT2D eigenvalue weighted by Crippen LogP contribution is 2.21. The Labute approximate surface area is 140 Å². The molecule has 0 fully saturated rings. The van der Waals surface area contributed by atoms with Crippen LogP contribution in [0.1, 0.15) is 42.4 Å². The third kappa shape index (κ3) is 3.99. The van der Waals surface area contributed by atoms with Crippen LogP contribution in [0.25, 0.3) is 0 Å². The number of hydrogen-bond acceptors (Lipinski definition) is 3. The molecular weight excluding hydrogens is 314 g/mol. The molecule has 0 aliphatic rings. The Morgan fingerprint density at radius 2 is 1.91 bits per heavy atom. The van der Waals surface area contributed by atoms with Crippen LogP contribution in [0.3, 0.4) is 0 Å². The third-order valence-corrected chi connectivity index (χ3v) is 4.03. The number of hydrogen-bond donors (Lipinski definition) is 0. The molecule has 0 aliphatic heterocycles. The molecule has 1 amide bonds. The smallest absolute Gasteiger partial charge is 0.274 e. The number of aromatic nitrogens is 2. The van der Waals surface area contributed by atoms with Crippen molar-refractivity contribution in [3.63, 3.8) is 0 Å². The Morgan fingerprint density at radius 1 is 1.26 bits per heavy atom. The lowest BCUT2D eigenvalue weighted by molar-refractivity contribution is 0.0733. The largest absolute Gasteiger partial charge is 0.334 e. The first-order valence-corrected chi connectivity index (χ1v) is 7.92. The van der Waals surface area contributed by atoms with E-state index in [4.69, 9.17) is 11.6 Å². The van der Waals surface area contributed by atoms with Crippen LogP contribution >= 0.6 is 11.6 Å². The van der Waals surface area contributed by atoms with E-state index < -0.39 is 0 Å². The molecule has 0 aliphatic carbocycles. The van der Waals surface area contributed by atoms with Crippen LogP contribution in [0, 0.1) is 0 Å². The van der Waals surface area contributed by atoms with Gasteiger partial charge in [-0.3, -0.25) is 9.59 Å². The Kier molecular flexibility index (Phi) is 5.55. The maximum absolute atomic E-state index is 12.6. The number of carbonyl (C=O) groups is 1. The second kappa shape index (κ2) is 7.42. The molecule has 1 unspecified atom stereocenters. The summed E-state index contributed by atoms with van der Waals surface area (Å²) in [5.74, 6) is -0.225. The number of amides is 1. The van der Waals surface area contributed by atoms with Crippen molar-refractivity contribution in [2.75, 3.05) is 7.05 Å². The van der Waals surface area contributed by atoms with Gasteiger partial charge in [0.2, 0.25) is 0 Å². The van der Waals surface area contributed by atoms with Crippen molar-refractivity contribution in [2.24, 2.45) is 0 Å². The second-order valence-corrected chi connectivity index (χ2v) is 5.86. The number of aryl methyl sites for hydroxylation is 1. The number of benzene rings is 1. The van der Waals surface area contributed by atoms with Crippen LogP contribution in [0.2, 0.25) is 5.02 Å². The third-order valence-electron chi connectivity index (χ3n) is 3.77. The molecule has 1 aromatic carbocycles. The van der Waals surface area contributed by atoms with Gasteiger partial charge < -0.3 is 4.90 Å². The van der Waals surface area contributed by atoms with E-state index >= 15 is 0 Å². The van der Waals surface area contributed by atoms with Crippen molar-refractivity contribution < 1.29 is 4.79 Å². The summed E-state index contributed by atoms with van der Waals surface area (Å²) in [5.41, 5.74) is 1.05. The fraction of sp³-hybridized carbons (Fsp3) is 0.353. The van der Waals surface area contributed by atoms with Crippen molar-refractivity contribution in [2.45, 2.75) is 32.9 Å². The van der Waals surface area contributed by atoms with Crippen molar-refractivity contribution in [1.29, 1.82) is 0 Å². The van der Waals surface area contributed by atoms with Gasteiger partial charge in [-0.1, -0.05) is 30.7 Å². The zero-order valence-corrected chi connectivity index (χ0v) is 14.2. The van der Waals surface area contributed by atoms with Gasteiger partial charge in [-0.2, -0.15) is 5.10 Å². The first-order valence-electron chi connectivity index (χ1n) is 7.54. The lowest BCUT2D eigenvalue weighted by Gasteiger charge is -2.25. The summed E-state index contributed by atoms with van der Waals surface area (Å²) in [6.07, 6.45) is 0.779. The lowest BCUT2D eigenvalue weighted by atomic mass is 10.1. The van der Waals surface area contributed by atoms with E-state index in [1.165, 1.54) is 16.8 Å². The first kappa shape index (κ1) is 17.2. The fourth-order valence-corrected chi connectivity index (χ4v) is 2.38. The maximum atomic E-state index is 12.6. The van der Waals surface area contributed by atoms with Gasteiger partial charge in [0.15, 0.2) is 0 Å². The van der Waals surface area contributed by atoms with Crippen LogP contribution in [0.15, 0.2) is 41.2 Å². The van der Waals surface area contributed by atoms with Crippen molar-refractivity contribution in [3.05, 3.63) is 63.0 Å². The van der Waals surface area contributed by atoms with Crippen LogP contribution in [0.4, 0.5) is 0 Å². The molecule has 1 aromatic heterocycles. The zero-order valence-electron chi connectivity index (χ0n) is 13.5. The van der Waals surface area contributed by atoms with Crippen LogP contribution in [-0.2, 0) is 6.54 Å². The molecule has 2 aromatic rings. The van der Waals surface area contributed by atoms with Gasteiger partial charge in [-0.05, 0) is 37.1 Å². The maximum Gasteiger partial charge on any atom is 0.274 e. The van der Waals surface area contributed by atoms with E-state index in [-0.39, 0.29) is 23.2 Å². The van der Waals surface area contributed by atoms with Gasteiger partial charge in [0.05, 0.1) is 6.04 Å². The minimum absolute atomic E-state index is 0.131. The van der Waals surface area contributed by atoms with E-state index in [1.54, 1.807) is 24.1 Å². The van der Waals surface area contributed by atoms with E-state index in [1.807, 2.05) is 26.0 Å². The van der Waals surface area contributed by atoms with E-state index in [0.29, 0.717) is 11.6 Å². The zero-order chi connectivity index (χ0) is 17.0. The van der Waals surface area contributed by atoms with Gasteiger partial charge >= 0.3 is 0 Å². The monoisotopic (exact) mass is 333 g/mol. The van der Waals surface area contributed by atoms with Crippen molar-refractivity contribution in [1.82, 2.24) is 14.7 Å². The Balaban J connectivity index is 2.23. The van der Waals surface area contributed by atoms with E-state index in [9.17, 15) is 9.59 Å². The molecule has 6 heteroatoms. The summed E-state index contributed by atoms with van der Waals surface area (Å²) in [4.78, 5) is 25.9. The molecule has 0 bridgehead atoms. The summed E-state index contributed by atoms with van der Waals surface area (Å²) in [7, 11) is 1.72. The average molecular weight is 334 g/mol. The molecule has 23 heavy (non-hydrogen) atoms. The predicted octanol–water partition coefficient (Wildman–Crippen LogP) is 3.14. The predicted molar refractivity (Wildman–Crippen MR) is 90.7 cm³/mol. The van der Waals surface area contributed by atoms with Gasteiger partial charge in [0.25, 0.3) is 11.5 Å². The minimum Gasteiger partial charge on any atom is -0.334 e. The molecule has 0 saturated carbocycles. The topological polar surface area (TPSA) is 55.2 Å². The summed E-state index contributed by atoms with van der Waals surface area (Å²) < 4.78 is 1.33. The summed E-state index contributed by atoms with van der Waals surface area (Å²) in [6, 6.07) is 10.1. The standard InChI is InChI=1S/C17H20ClN3O2/c1-4-11-21-16(22)10-9-15(19-21)17(23)20(3)12(2)13-5-7-14(18)8-6-13/h5-10,12H,4,11H2,1-3H3. The van der Waals surface area contributed by atoms with Crippen molar-refractivity contribution >= 4 is 17.5 Å². The minimum atomic E-state index is -0.225. The molecule has 2 rings (SSSR count). The van der Waals surface area contributed by atoms with Crippen LogP contribution in [0.5, 0.6) is 0 Å². The molecule has 0 N–H and O–H groups in total. The van der Waals surface area contributed by atoms with Crippen LogP contribution < -0.4 is 5.56 Å². The summed E-state index contributed by atoms with van der Waals surface area (Å²) in [6.45, 7) is 4.39. The number of halogens is 1. The van der Waals surface area contributed by atoms with Gasteiger partial charge in [0.1, 0.15) is 5.69 Å². The average Bonchev–Trinajstić information content (AvgIpc) is 2.56. The molecule has 5 nitrogen and oxygen atoms in total. The Bertz CT molecular complexity index is 740. The van der Waals surface area contributed by atoms with Crippen LogP contribution in [-0.4, -0.2) is 27.6 Å². The van der Waals surface area contributed by atoms with Gasteiger partial charge in [0, 0.05) is 24.7 Å². The van der Waals surface area contributed by atoms with E-state index in [2.05, 4.69) is 5.10 Å². The highest BCUT2D eigenvalue weighted by Gasteiger charge is 2.20. The lowest BCUT2D eigenvalue weighted by Crippen LogP contribution is -2.33. The highest BCUT2D eigenvalue weighted by molar-refractivity contribution is 6.30. The number of nitrogens with zero attached hydrogens (tertiary/aromatic N) is 3. The molecular formula is C17H20ClN3O2. The molecule has 122 valence electrons. The summed E-state index contributed by atoms with van der Waals surface area (Å²) >= 11 is 5.89. The fourth-order valence-electron chi connectivity index (χ4n) is 2.26. The van der Waals surface area contributed by atoms with Crippen molar-refractivity contribution in [3.8, 4) is 0 Å². The quantitative estimate of drug-likeness (QED) is 0.844. The van der Waals surface area contributed by atoms with Gasteiger partial charge in [-0.15, -0.1) is 0 Å². The highest BCUT2D eigenvalue weighted by atomic mass is 35.5. The molecule has 0 saturated heterocycles. The molecule has 0 spiro atoms. The summed E-state index contributed by atoms with van der Waals surface area (Å²) in [5, 5.41) is 4.82.